The van der Waals surface area contributed by atoms with E-state index in [0.717, 1.165) is 37.5 Å². The molecule has 0 atom stereocenters. The predicted molar refractivity (Wildman–Crippen MR) is 171 cm³/mol. The molecule has 4 amide bonds. The maximum atomic E-state index is 13.6. The fourth-order valence-electron chi connectivity index (χ4n) is 8.40. The molecule has 2 aliphatic heterocycles. The first-order valence-electron chi connectivity index (χ1n) is 15.2. The van der Waals surface area contributed by atoms with Gasteiger partial charge in [-0.15, -0.1) is 0 Å². The Morgan fingerprint density at radius 1 is 0.886 bits per heavy atom. The Kier molecular flexibility index (Phi) is 6.69. The zero-order chi connectivity index (χ0) is 30.0. The minimum absolute atomic E-state index is 0.0976. The quantitative estimate of drug-likeness (QED) is 0.174. The van der Waals surface area contributed by atoms with Gasteiger partial charge in [-0.3, -0.25) is 14.9 Å². The van der Waals surface area contributed by atoms with Gasteiger partial charge in [-0.2, -0.15) is 0 Å². The summed E-state index contributed by atoms with van der Waals surface area (Å²) in [6.45, 7) is 0.557. The van der Waals surface area contributed by atoms with E-state index in [9.17, 15) is 14.4 Å². The highest BCUT2D eigenvalue weighted by atomic mass is 127. The number of carbonyl (C=O) groups is 3. The molecule has 44 heavy (non-hydrogen) atoms. The van der Waals surface area contributed by atoms with Crippen LogP contribution in [0.25, 0.3) is 6.08 Å². The SMILES string of the molecule is O=C1NC(=O)N(c2ccc(C34CC5CC(CC(C5)C3)C4)cc2)C(=O)/C1=C/c1ccc(OCc2ccc3c(c2)OCO3)c(I)c1. The van der Waals surface area contributed by atoms with Crippen molar-refractivity contribution in [2.45, 2.75) is 50.5 Å². The Hall–Kier alpha value is -3.86. The van der Waals surface area contributed by atoms with Gasteiger partial charge in [0.05, 0.1) is 9.26 Å². The molecule has 224 valence electrons. The van der Waals surface area contributed by atoms with Crippen LogP contribution < -0.4 is 24.4 Å². The smallest absolute Gasteiger partial charge is 0.335 e. The summed E-state index contributed by atoms with van der Waals surface area (Å²) in [5.41, 5.74) is 3.49. The molecule has 1 saturated heterocycles. The summed E-state index contributed by atoms with van der Waals surface area (Å²) in [5, 5.41) is 2.35. The summed E-state index contributed by atoms with van der Waals surface area (Å²) in [4.78, 5) is 40.3. The number of carbonyl (C=O) groups excluding carboxylic acids is 3. The number of hydrogen-bond donors (Lipinski definition) is 1. The molecule has 6 aliphatic rings. The lowest BCUT2D eigenvalue weighted by molar-refractivity contribution is -0.122. The predicted octanol–water partition coefficient (Wildman–Crippen LogP) is 6.73. The molecule has 5 fully saturated rings. The van der Waals surface area contributed by atoms with Gasteiger partial charge in [0.25, 0.3) is 11.8 Å². The van der Waals surface area contributed by atoms with E-state index in [4.69, 9.17) is 14.2 Å². The van der Waals surface area contributed by atoms with Gasteiger partial charge < -0.3 is 14.2 Å². The zero-order valence-corrected chi connectivity index (χ0v) is 26.2. The second-order valence-corrected chi connectivity index (χ2v) is 14.0. The van der Waals surface area contributed by atoms with Crippen molar-refractivity contribution in [3.63, 3.8) is 0 Å². The highest BCUT2D eigenvalue weighted by Crippen LogP contribution is 2.60. The lowest BCUT2D eigenvalue weighted by Crippen LogP contribution is -2.54. The third kappa shape index (κ3) is 4.85. The molecule has 0 spiro atoms. The van der Waals surface area contributed by atoms with Gasteiger partial charge in [0.2, 0.25) is 6.79 Å². The van der Waals surface area contributed by atoms with Crippen molar-refractivity contribution in [3.05, 3.63) is 86.5 Å². The van der Waals surface area contributed by atoms with Gasteiger partial charge in [-0.05, 0) is 143 Å². The number of amides is 4. The highest BCUT2D eigenvalue weighted by Gasteiger charge is 2.51. The number of benzene rings is 3. The first-order chi connectivity index (χ1) is 21.3. The van der Waals surface area contributed by atoms with Crippen molar-refractivity contribution in [1.82, 2.24) is 5.32 Å². The van der Waals surface area contributed by atoms with Gasteiger partial charge in [0, 0.05) is 0 Å². The normalized spacial score (nSPS) is 27.7. The molecule has 0 unspecified atom stereocenters. The molecular formula is C35H31IN2O6. The fraction of sp³-hybridized carbons (Fsp3) is 0.343. The maximum Gasteiger partial charge on any atom is 0.335 e. The number of urea groups is 1. The van der Waals surface area contributed by atoms with Gasteiger partial charge in [-0.25, -0.2) is 9.69 Å². The van der Waals surface area contributed by atoms with Crippen LogP contribution in [0.1, 0.15) is 55.2 Å². The Bertz CT molecular complexity index is 1700. The summed E-state index contributed by atoms with van der Waals surface area (Å²) in [7, 11) is 0. The number of fused-ring (bicyclic) bond motifs is 1. The molecule has 8 nitrogen and oxygen atoms in total. The van der Waals surface area contributed by atoms with Gasteiger partial charge in [-0.1, -0.05) is 24.3 Å². The summed E-state index contributed by atoms with van der Waals surface area (Å²) in [6, 6.07) is 18.3. The lowest BCUT2D eigenvalue weighted by atomic mass is 9.48. The minimum Gasteiger partial charge on any atom is -0.488 e. The first kappa shape index (κ1) is 27.7. The number of hydrogen-bond acceptors (Lipinski definition) is 6. The highest BCUT2D eigenvalue weighted by molar-refractivity contribution is 14.1. The molecule has 4 saturated carbocycles. The van der Waals surface area contributed by atoms with E-state index in [1.54, 1.807) is 12.1 Å². The number of barbiturate groups is 1. The van der Waals surface area contributed by atoms with Crippen LogP contribution in [-0.4, -0.2) is 24.6 Å². The topological polar surface area (TPSA) is 94.2 Å². The Morgan fingerprint density at radius 2 is 1.59 bits per heavy atom. The molecule has 0 aromatic heterocycles. The van der Waals surface area contributed by atoms with E-state index >= 15 is 0 Å². The van der Waals surface area contributed by atoms with Crippen molar-refractivity contribution >= 4 is 52.2 Å². The number of ether oxygens (including phenoxy) is 3. The van der Waals surface area contributed by atoms with Crippen LogP contribution in [0.3, 0.4) is 0 Å². The van der Waals surface area contributed by atoms with Gasteiger partial charge in [0.1, 0.15) is 17.9 Å². The molecule has 2 heterocycles. The largest absolute Gasteiger partial charge is 0.488 e. The third-order valence-corrected chi connectivity index (χ3v) is 10.8. The van der Waals surface area contributed by atoms with Crippen LogP contribution in [0, 0.1) is 21.3 Å². The van der Waals surface area contributed by atoms with Crippen LogP contribution in [0.2, 0.25) is 0 Å². The minimum atomic E-state index is -0.735. The van der Waals surface area contributed by atoms with Crippen LogP contribution >= 0.6 is 22.6 Å². The molecule has 3 aromatic carbocycles. The third-order valence-electron chi connectivity index (χ3n) is 9.98. The van der Waals surface area contributed by atoms with Gasteiger partial charge >= 0.3 is 6.03 Å². The average Bonchev–Trinajstić information content (AvgIpc) is 3.46. The maximum absolute atomic E-state index is 13.6. The van der Waals surface area contributed by atoms with E-state index in [0.29, 0.717) is 29.4 Å². The molecule has 1 N–H and O–H groups in total. The number of nitrogens with zero attached hydrogens (tertiary/aromatic N) is 1. The van der Waals surface area contributed by atoms with E-state index in [1.165, 1.54) is 50.2 Å². The summed E-state index contributed by atoms with van der Waals surface area (Å²) < 4.78 is 17.6. The molecule has 4 bridgehead atoms. The number of halogens is 1. The van der Waals surface area contributed by atoms with E-state index in [-0.39, 0.29) is 17.8 Å². The van der Waals surface area contributed by atoms with Crippen molar-refractivity contribution in [2.75, 3.05) is 11.7 Å². The van der Waals surface area contributed by atoms with Crippen molar-refractivity contribution < 1.29 is 28.6 Å². The number of imide groups is 2. The second-order valence-electron chi connectivity index (χ2n) is 12.9. The zero-order valence-electron chi connectivity index (χ0n) is 24.0. The molecule has 0 radical (unpaired) electrons. The summed E-state index contributed by atoms with van der Waals surface area (Å²) in [5.74, 6) is 3.22. The second kappa shape index (κ2) is 10.6. The fourth-order valence-corrected chi connectivity index (χ4v) is 9.10. The molecular weight excluding hydrogens is 671 g/mol. The number of rotatable bonds is 6. The summed E-state index contributed by atoms with van der Waals surface area (Å²) >= 11 is 2.17. The van der Waals surface area contributed by atoms with Crippen molar-refractivity contribution in [2.24, 2.45) is 17.8 Å². The van der Waals surface area contributed by atoms with Crippen molar-refractivity contribution in [1.29, 1.82) is 0 Å². The van der Waals surface area contributed by atoms with Crippen LogP contribution in [0.15, 0.2) is 66.2 Å². The molecule has 9 rings (SSSR count). The first-order valence-corrected chi connectivity index (χ1v) is 16.2. The lowest BCUT2D eigenvalue weighted by Gasteiger charge is -2.57. The molecule has 4 aliphatic carbocycles. The standard InChI is InChI=1S/C35H31IN2O6/c36-28-13-20(1-7-29(28)42-18-21-2-8-30-31(14-21)44-19-43-30)12-27-32(39)37-34(41)38(33(27)40)26-5-3-25(4-6-26)35-15-22-9-23(16-35)11-24(10-22)17-35/h1-8,12-14,22-24H,9-11,15-19H2,(H,37,39,41)/b27-12+. The van der Waals surface area contributed by atoms with Gasteiger partial charge in [0.15, 0.2) is 11.5 Å². The van der Waals surface area contributed by atoms with E-state index < -0.39 is 17.8 Å². The van der Waals surface area contributed by atoms with E-state index in [1.807, 2.05) is 36.4 Å². The van der Waals surface area contributed by atoms with E-state index in [2.05, 4.69) is 40.0 Å². The Balaban J connectivity index is 0.993. The Labute approximate surface area is 268 Å². The monoisotopic (exact) mass is 702 g/mol. The summed E-state index contributed by atoms with van der Waals surface area (Å²) in [6.07, 6.45) is 9.36. The molecule has 9 heteroatoms. The number of anilines is 1. The Morgan fingerprint density at radius 3 is 2.30 bits per heavy atom. The average molecular weight is 703 g/mol. The van der Waals surface area contributed by atoms with Crippen LogP contribution in [0.4, 0.5) is 10.5 Å². The van der Waals surface area contributed by atoms with Crippen molar-refractivity contribution in [3.8, 4) is 17.2 Å². The number of nitrogens with one attached hydrogen (secondary N) is 1. The van der Waals surface area contributed by atoms with Crippen LogP contribution in [-0.2, 0) is 21.6 Å². The molecule has 3 aromatic rings. The van der Waals surface area contributed by atoms with Crippen LogP contribution in [0.5, 0.6) is 17.2 Å².